The highest BCUT2D eigenvalue weighted by Gasteiger charge is 2.14. The summed E-state index contributed by atoms with van der Waals surface area (Å²) in [6.07, 6.45) is 0. The van der Waals surface area contributed by atoms with Crippen LogP contribution in [0.2, 0.25) is 0 Å². The van der Waals surface area contributed by atoms with Crippen LogP contribution >= 0.6 is 0 Å². The first-order chi connectivity index (χ1) is 7.89. The largest absolute Gasteiger partial charge is 0.339 e. The minimum Gasteiger partial charge on any atom is -0.307 e. The average Bonchev–Trinajstić information content (AvgIpc) is 2.26. The molecule has 1 rings (SSSR count). The molecular formula is C13H19N3O. The van der Waals surface area contributed by atoms with E-state index in [0.29, 0.717) is 0 Å². The second-order valence-corrected chi connectivity index (χ2v) is 4.88. The predicted octanol–water partition coefficient (Wildman–Crippen LogP) is 3.23. The second kappa shape index (κ2) is 5.48. The molecule has 2 N–H and O–H groups in total. The van der Waals surface area contributed by atoms with Gasteiger partial charge in [0, 0.05) is 16.8 Å². The van der Waals surface area contributed by atoms with Crippen molar-refractivity contribution in [2.24, 2.45) is 10.5 Å². The van der Waals surface area contributed by atoms with Crippen LogP contribution in [-0.4, -0.2) is 11.7 Å². The monoisotopic (exact) mass is 233 g/mol. The number of nitrogens with zero attached hydrogens (tertiary/aromatic N) is 1. The standard InChI is InChI=1S/C13H19N3O/c1-10(13(2,3)4)15-16-12(17)14-11-8-6-5-7-9-11/h5-9H,1-4H3,(H2,14,16,17)/b15-10-. The van der Waals surface area contributed by atoms with Crippen LogP contribution in [0.15, 0.2) is 35.4 Å². The summed E-state index contributed by atoms with van der Waals surface area (Å²) in [5.74, 6) is 0. The summed E-state index contributed by atoms with van der Waals surface area (Å²) >= 11 is 0. The Labute approximate surface area is 102 Å². The van der Waals surface area contributed by atoms with Gasteiger partial charge in [0.2, 0.25) is 0 Å². The molecule has 0 atom stereocenters. The molecule has 0 saturated carbocycles. The fraction of sp³-hybridized carbons (Fsp3) is 0.385. The Morgan fingerprint density at radius 2 is 1.76 bits per heavy atom. The lowest BCUT2D eigenvalue weighted by Crippen LogP contribution is -2.28. The fourth-order valence-corrected chi connectivity index (χ4v) is 0.983. The number of hydrogen-bond donors (Lipinski definition) is 2. The van der Waals surface area contributed by atoms with Crippen LogP contribution in [-0.2, 0) is 0 Å². The van der Waals surface area contributed by atoms with Crippen molar-refractivity contribution in [3.05, 3.63) is 30.3 Å². The fourth-order valence-electron chi connectivity index (χ4n) is 0.983. The van der Waals surface area contributed by atoms with Gasteiger partial charge in [0.1, 0.15) is 0 Å². The van der Waals surface area contributed by atoms with Crippen molar-refractivity contribution in [1.29, 1.82) is 0 Å². The molecule has 1 aromatic rings. The molecular weight excluding hydrogens is 214 g/mol. The molecule has 0 aromatic heterocycles. The van der Waals surface area contributed by atoms with Crippen molar-refractivity contribution in [3.8, 4) is 0 Å². The van der Waals surface area contributed by atoms with Crippen molar-refractivity contribution >= 4 is 17.4 Å². The second-order valence-electron chi connectivity index (χ2n) is 4.88. The Morgan fingerprint density at radius 1 is 1.18 bits per heavy atom. The summed E-state index contributed by atoms with van der Waals surface area (Å²) in [4.78, 5) is 11.5. The highest BCUT2D eigenvalue weighted by molar-refractivity contribution is 5.92. The molecule has 0 aliphatic carbocycles. The van der Waals surface area contributed by atoms with E-state index >= 15 is 0 Å². The van der Waals surface area contributed by atoms with Gasteiger partial charge in [0.15, 0.2) is 0 Å². The number of hydrazone groups is 1. The van der Waals surface area contributed by atoms with Crippen molar-refractivity contribution in [1.82, 2.24) is 5.43 Å². The third-order valence-electron chi connectivity index (χ3n) is 2.44. The third-order valence-corrected chi connectivity index (χ3v) is 2.44. The number of amides is 2. The van der Waals surface area contributed by atoms with Gasteiger partial charge in [-0.1, -0.05) is 39.0 Å². The number of carbonyl (C=O) groups is 1. The molecule has 0 aliphatic rings. The lowest BCUT2D eigenvalue weighted by atomic mass is 9.91. The van der Waals surface area contributed by atoms with Gasteiger partial charge in [0.25, 0.3) is 0 Å². The number of rotatable bonds is 2. The molecule has 0 heterocycles. The Kier molecular flexibility index (Phi) is 4.26. The number of urea groups is 1. The van der Waals surface area contributed by atoms with E-state index in [0.717, 1.165) is 11.4 Å². The smallest absolute Gasteiger partial charge is 0.307 e. The first-order valence-electron chi connectivity index (χ1n) is 5.56. The number of hydrogen-bond acceptors (Lipinski definition) is 2. The van der Waals surface area contributed by atoms with Crippen LogP contribution in [0.4, 0.5) is 10.5 Å². The Morgan fingerprint density at radius 3 is 2.29 bits per heavy atom. The Bertz CT molecular complexity index is 404. The Balaban J connectivity index is 2.52. The molecule has 0 aliphatic heterocycles. The highest BCUT2D eigenvalue weighted by Crippen LogP contribution is 2.14. The lowest BCUT2D eigenvalue weighted by Gasteiger charge is -2.17. The maximum absolute atomic E-state index is 11.5. The molecule has 0 unspecified atom stereocenters. The van der Waals surface area contributed by atoms with Gasteiger partial charge in [-0.05, 0) is 19.1 Å². The van der Waals surface area contributed by atoms with E-state index in [1.807, 2.05) is 58.0 Å². The molecule has 1 aromatic carbocycles. The topological polar surface area (TPSA) is 53.5 Å². The van der Waals surface area contributed by atoms with Crippen molar-refractivity contribution in [2.45, 2.75) is 27.7 Å². The van der Waals surface area contributed by atoms with Crippen LogP contribution in [0.3, 0.4) is 0 Å². The summed E-state index contributed by atoms with van der Waals surface area (Å²) < 4.78 is 0. The summed E-state index contributed by atoms with van der Waals surface area (Å²) in [7, 11) is 0. The molecule has 17 heavy (non-hydrogen) atoms. The van der Waals surface area contributed by atoms with E-state index in [1.54, 1.807) is 0 Å². The van der Waals surface area contributed by atoms with Crippen LogP contribution in [0.1, 0.15) is 27.7 Å². The number of anilines is 1. The minimum atomic E-state index is -0.334. The Hall–Kier alpha value is -1.84. The summed E-state index contributed by atoms with van der Waals surface area (Å²) in [6, 6.07) is 8.92. The summed E-state index contributed by atoms with van der Waals surface area (Å²) in [6.45, 7) is 8.02. The van der Waals surface area contributed by atoms with E-state index < -0.39 is 0 Å². The summed E-state index contributed by atoms with van der Waals surface area (Å²) in [5, 5.41) is 6.74. The number of nitrogens with one attached hydrogen (secondary N) is 2. The molecule has 0 bridgehead atoms. The van der Waals surface area contributed by atoms with Gasteiger partial charge in [-0.25, -0.2) is 10.2 Å². The third kappa shape index (κ3) is 4.68. The van der Waals surface area contributed by atoms with Gasteiger partial charge in [-0.3, -0.25) is 0 Å². The van der Waals surface area contributed by atoms with Gasteiger partial charge >= 0.3 is 6.03 Å². The van der Waals surface area contributed by atoms with Crippen molar-refractivity contribution < 1.29 is 4.79 Å². The van der Waals surface area contributed by atoms with Crippen LogP contribution < -0.4 is 10.7 Å². The molecule has 4 nitrogen and oxygen atoms in total. The van der Waals surface area contributed by atoms with E-state index in [2.05, 4.69) is 15.8 Å². The van der Waals surface area contributed by atoms with Crippen molar-refractivity contribution in [2.75, 3.05) is 5.32 Å². The number of benzene rings is 1. The molecule has 0 saturated heterocycles. The van der Waals surface area contributed by atoms with Gasteiger partial charge in [-0.2, -0.15) is 5.10 Å². The maximum atomic E-state index is 11.5. The van der Waals surface area contributed by atoms with Crippen LogP contribution in [0.5, 0.6) is 0 Å². The van der Waals surface area contributed by atoms with Crippen LogP contribution in [0.25, 0.3) is 0 Å². The highest BCUT2D eigenvalue weighted by atomic mass is 16.2. The van der Waals surface area contributed by atoms with E-state index in [-0.39, 0.29) is 11.4 Å². The van der Waals surface area contributed by atoms with Gasteiger partial charge in [0.05, 0.1) is 0 Å². The predicted molar refractivity (Wildman–Crippen MR) is 71.2 cm³/mol. The normalized spacial score (nSPS) is 12.1. The minimum absolute atomic E-state index is 0.0416. The lowest BCUT2D eigenvalue weighted by molar-refractivity contribution is 0.252. The van der Waals surface area contributed by atoms with Crippen LogP contribution in [0, 0.1) is 5.41 Å². The first kappa shape index (κ1) is 13.2. The molecule has 2 amide bonds. The van der Waals surface area contributed by atoms with E-state index in [4.69, 9.17) is 0 Å². The molecule has 4 heteroatoms. The molecule has 0 spiro atoms. The average molecular weight is 233 g/mol. The van der Waals surface area contributed by atoms with E-state index in [9.17, 15) is 4.79 Å². The van der Waals surface area contributed by atoms with Gasteiger partial charge < -0.3 is 5.32 Å². The molecule has 0 fully saturated rings. The first-order valence-corrected chi connectivity index (χ1v) is 5.56. The van der Waals surface area contributed by atoms with E-state index in [1.165, 1.54) is 0 Å². The quantitative estimate of drug-likeness (QED) is 0.598. The number of para-hydroxylation sites is 1. The SMILES string of the molecule is C/C(=N/NC(=O)Nc1ccccc1)C(C)(C)C. The van der Waals surface area contributed by atoms with Crippen molar-refractivity contribution in [3.63, 3.8) is 0 Å². The molecule has 92 valence electrons. The zero-order valence-corrected chi connectivity index (χ0v) is 10.7. The summed E-state index contributed by atoms with van der Waals surface area (Å²) in [5.41, 5.74) is 4.05. The maximum Gasteiger partial charge on any atom is 0.339 e. The zero-order valence-electron chi connectivity index (χ0n) is 10.7. The zero-order chi connectivity index (χ0) is 12.9. The number of carbonyl (C=O) groups excluding carboxylic acids is 1. The molecule has 0 radical (unpaired) electrons. The van der Waals surface area contributed by atoms with Gasteiger partial charge in [-0.15, -0.1) is 0 Å².